The predicted molar refractivity (Wildman–Crippen MR) is 112 cm³/mol. The number of Topliss-reactive ketones (excluding diaryl/α,β-unsaturated/α-hetero) is 1. The van der Waals surface area contributed by atoms with Gasteiger partial charge in [0.05, 0.1) is 19.7 Å². The lowest BCUT2D eigenvalue weighted by Crippen LogP contribution is -2.41. The molecule has 1 saturated heterocycles. The van der Waals surface area contributed by atoms with Crippen LogP contribution in [-0.4, -0.2) is 104 Å². The summed E-state index contributed by atoms with van der Waals surface area (Å²) in [4.78, 5) is 42.0. The number of hydrogen-bond acceptors (Lipinski definition) is 8. The largest absolute Gasteiger partial charge is 0.466 e. The Kier molecular flexibility index (Phi) is 11.4. The van der Waals surface area contributed by atoms with Gasteiger partial charge in [-0.15, -0.1) is 0 Å². The molecule has 29 heavy (non-hydrogen) atoms. The summed E-state index contributed by atoms with van der Waals surface area (Å²) in [6.45, 7) is 15.5. The zero-order valence-corrected chi connectivity index (χ0v) is 18.9. The van der Waals surface area contributed by atoms with Gasteiger partial charge in [-0.25, -0.2) is 0 Å². The summed E-state index contributed by atoms with van der Waals surface area (Å²) in [5, 5.41) is 0. The van der Waals surface area contributed by atoms with E-state index in [4.69, 9.17) is 9.47 Å². The second-order valence-electron chi connectivity index (χ2n) is 8.59. The zero-order valence-electron chi connectivity index (χ0n) is 18.9. The van der Waals surface area contributed by atoms with Crippen molar-refractivity contribution in [2.45, 2.75) is 53.1 Å². The topological polar surface area (TPSA) is 79.4 Å². The van der Waals surface area contributed by atoms with E-state index in [1.54, 1.807) is 6.92 Å². The van der Waals surface area contributed by atoms with Gasteiger partial charge in [0, 0.05) is 45.7 Å². The molecular formula is C21H39N3O5. The molecule has 0 unspecified atom stereocenters. The van der Waals surface area contributed by atoms with E-state index >= 15 is 0 Å². The minimum absolute atomic E-state index is 0.136. The number of ether oxygens (including phenoxy) is 2. The predicted octanol–water partition coefficient (Wildman–Crippen LogP) is 1.18. The Morgan fingerprint density at radius 3 is 1.83 bits per heavy atom. The smallest absolute Gasteiger partial charge is 0.320 e. The fraction of sp³-hybridized carbons (Fsp3) is 0.857. The second kappa shape index (κ2) is 12.9. The number of carbonyl (C=O) groups is 3. The molecule has 8 nitrogen and oxygen atoms in total. The van der Waals surface area contributed by atoms with Gasteiger partial charge in [0.2, 0.25) is 0 Å². The van der Waals surface area contributed by atoms with Crippen LogP contribution in [0.25, 0.3) is 0 Å². The lowest BCUT2D eigenvalue weighted by molar-refractivity contribution is -0.156. The highest BCUT2D eigenvalue weighted by atomic mass is 16.6. The van der Waals surface area contributed by atoms with Crippen LogP contribution in [0.3, 0.4) is 0 Å². The normalized spacial score (nSPS) is 17.8. The average Bonchev–Trinajstić information content (AvgIpc) is 2.66. The van der Waals surface area contributed by atoms with Gasteiger partial charge in [-0.05, 0) is 47.6 Å². The van der Waals surface area contributed by atoms with Crippen molar-refractivity contribution < 1.29 is 23.9 Å². The molecule has 0 amide bonds. The Hall–Kier alpha value is -1.51. The van der Waals surface area contributed by atoms with Crippen molar-refractivity contribution >= 4 is 17.7 Å². The molecule has 1 aliphatic rings. The van der Waals surface area contributed by atoms with Crippen LogP contribution in [0.15, 0.2) is 0 Å². The number of ketones is 1. The molecule has 0 atom stereocenters. The molecule has 0 radical (unpaired) electrons. The molecule has 0 N–H and O–H groups in total. The number of carbonyl (C=O) groups excluding carboxylic acids is 3. The summed E-state index contributed by atoms with van der Waals surface area (Å²) in [7, 11) is 0. The van der Waals surface area contributed by atoms with E-state index in [9.17, 15) is 14.4 Å². The third-order valence-electron chi connectivity index (χ3n) is 4.58. The molecule has 0 aliphatic carbocycles. The fourth-order valence-corrected chi connectivity index (χ4v) is 3.28. The Balaban J connectivity index is 2.66. The highest BCUT2D eigenvalue weighted by Crippen LogP contribution is 2.09. The van der Waals surface area contributed by atoms with Crippen molar-refractivity contribution in [2.24, 2.45) is 0 Å². The lowest BCUT2D eigenvalue weighted by atomic mass is 10.2. The molecule has 8 heteroatoms. The minimum atomic E-state index is -0.503. The Labute approximate surface area is 175 Å². The summed E-state index contributed by atoms with van der Waals surface area (Å²) in [6.07, 6.45) is 1.14. The van der Waals surface area contributed by atoms with Crippen LogP contribution in [0.2, 0.25) is 0 Å². The van der Waals surface area contributed by atoms with Crippen LogP contribution in [-0.2, 0) is 23.9 Å². The molecule has 0 aromatic heterocycles. The molecule has 168 valence electrons. The van der Waals surface area contributed by atoms with Crippen molar-refractivity contribution in [3.8, 4) is 0 Å². The van der Waals surface area contributed by atoms with Crippen LogP contribution in [0, 0.1) is 0 Å². The van der Waals surface area contributed by atoms with E-state index in [1.165, 1.54) is 0 Å². The molecule has 0 aromatic carbocycles. The van der Waals surface area contributed by atoms with E-state index in [0.717, 1.165) is 45.7 Å². The summed E-state index contributed by atoms with van der Waals surface area (Å²) >= 11 is 0. The van der Waals surface area contributed by atoms with Gasteiger partial charge in [-0.3, -0.25) is 24.2 Å². The van der Waals surface area contributed by atoms with Gasteiger partial charge in [-0.1, -0.05) is 0 Å². The maximum Gasteiger partial charge on any atom is 0.320 e. The van der Waals surface area contributed by atoms with E-state index in [2.05, 4.69) is 14.7 Å². The van der Waals surface area contributed by atoms with Crippen molar-refractivity contribution in [1.82, 2.24) is 14.7 Å². The summed E-state index contributed by atoms with van der Waals surface area (Å²) < 4.78 is 10.5. The molecule has 0 bridgehead atoms. The third-order valence-corrected chi connectivity index (χ3v) is 4.58. The first-order valence-corrected chi connectivity index (χ1v) is 10.6. The summed E-state index contributed by atoms with van der Waals surface area (Å²) in [5.41, 5.74) is -0.503. The molecule has 1 fully saturated rings. The number of nitrogens with zero attached hydrogens (tertiary/aromatic N) is 3. The van der Waals surface area contributed by atoms with Crippen LogP contribution in [0.1, 0.15) is 47.5 Å². The summed E-state index contributed by atoms with van der Waals surface area (Å²) in [6, 6.07) is 0. The molecule has 0 saturated carbocycles. The molecule has 1 rings (SSSR count). The first-order chi connectivity index (χ1) is 13.6. The Morgan fingerprint density at radius 2 is 1.34 bits per heavy atom. The maximum atomic E-state index is 12.3. The van der Waals surface area contributed by atoms with Gasteiger partial charge in [0.15, 0.2) is 0 Å². The average molecular weight is 414 g/mol. The van der Waals surface area contributed by atoms with Crippen molar-refractivity contribution in [1.29, 1.82) is 0 Å². The molecule has 0 spiro atoms. The zero-order chi connectivity index (χ0) is 21.9. The van der Waals surface area contributed by atoms with Crippen molar-refractivity contribution in [3.63, 3.8) is 0 Å². The molecule has 1 heterocycles. The quantitative estimate of drug-likeness (QED) is 0.522. The van der Waals surface area contributed by atoms with Crippen LogP contribution in [0.5, 0.6) is 0 Å². The minimum Gasteiger partial charge on any atom is -0.466 e. The maximum absolute atomic E-state index is 12.3. The van der Waals surface area contributed by atoms with E-state index in [0.29, 0.717) is 26.1 Å². The van der Waals surface area contributed by atoms with Gasteiger partial charge in [0.1, 0.15) is 11.4 Å². The number of esters is 2. The molecule has 1 aliphatic heterocycles. The van der Waals surface area contributed by atoms with Gasteiger partial charge < -0.3 is 14.4 Å². The highest BCUT2D eigenvalue weighted by molar-refractivity contribution is 5.77. The van der Waals surface area contributed by atoms with Crippen LogP contribution in [0.4, 0.5) is 0 Å². The van der Waals surface area contributed by atoms with Crippen molar-refractivity contribution in [3.05, 3.63) is 0 Å². The van der Waals surface area contributed by atoms with Crippen molar-refractivity contribution in [2.75, 3.05) is 65.5 Å². The fourth-order valence-electron chi connectivity index (χ4n) is 3.28. The van der Waals surface area contributed by atoms with Gasteiger partial charge in [-0.2, -0.15) is 0 Å². The van der Waals surface area contributed by atoms with E-state index in [-0.39, 0.29) is 24.3 Å². The first kappa shape index (κ1) is 25.5. The van der Waals surface area contributed by atoms with E-state index < -0.39 is 5.60 Å². The van der Waals surface area contributed by atoms with E-state index in [1.807, 2.05) is 27.7 Å². The molecular weight excluding hydrogens is 374 g/mol. The highest BCUT2D eigenvalue weighted by Gasteiger charge is 2.22. The molecule has 0 aromatic rings. The first-order valence-electron chi connectivity index (χ1n) is 10.6. The number of hydrogen-bond donors (Lipinski definition) is 0. The Morgan fingerprint density at radius 1 is 0.828 bits per heavy atom. The van der Waals surface area contributed by atoms with Crippen LogP contribution >= 0.6 is 0 Å². The summed E-state index contributed by atoms with van der Waals surface area (Å²) in [5.74, 6) is -0.262. The van der Waals surface area contributed by atoms with Gasteiger partial charge >= 0.3 is 11.9 Å². The SMILES string of the molecule is CCOC(=O)CCCN1CCN(CC(C)=O)CCN(CC(=O)OC(C)(C)C)CC1. The third kappa shape index (κ3) is 12.6. The van der Waals surface area contributed by atoms with Gasteiger partial charge in [0.25, 0.3) is 0 Å². The Bertz CT molecular complexity index is 533. The monoisotopic (exact) mass is 413 g/mol. The second-order valence-corrected chi connectivity index (χ2v) is 8.59. The standard InChI is InChI=1S/C21H39N3O5/c1-6-28-19(26)8-7-9-22-10-12-23(16-18(2)25)14-15-24(13-11-22)17-20(27)29-21(3,4)5/h6-17H2,1-5H3. The lowest BCUT2D eigenvalue weighted by Gasteiger charge is -2.27. The van der Waals surface area contributed by atoms with Crippen LogP contribution < -0.4 is 0 Å². The number of rotatable bonds is 9.